The predicted octanol–water partition coefficient (Wildman–Crippen LogP) is 4.78. The zero-order valence-electron chi connectivity index (χ0n) is 17.7. The Morgan fingerprint density at radius 2 is 1.66 bits per heavy atom. The van der Waals surface area contributed by atoms with Crippen LogP contribution in [0.4, 0.5) is 0 Å². The van der Waals surface area contributed by atoms with Gasteiger partial charge in [-0.05, 0) is 62.4 Å². The van der Waals surface area contributed by atoms with E-state index in [0.29, 0.717) is 24.4 Å². The Morgan fingerprint density at radius 3 is 2.24 bits per heavy atom. The fourth-order valence-corrected chi connectivity index (χ4v) is 3.37. The largest absolute Gasteiger partial charge is 0.352 e. The molecule has 2 aromatic rings. The molecule has 0 aromatic heterocycles. The highest BCUT2D eigenvalue weighted by Gasteiger charge is 2.26. The summed E-state index contributed by atoms with van der Waals surface area (Å²) in [7, 11) is 0. The number of hydrogen-bond donors (Lipinski definition) is 1. The summed E-state index contributed by atoms with van der Waals surface area (Å²) in [4.78, 5) is 27.3. The molecule has 156 valence electrons. The van der Waals surface area contributed by atoms with Crippen LogP contribution in [0.1, 0.15) is 50.8 Å². The van der Waals surface area contributed by atoms with Crippen LogP contribution >= 0.6 is 11.6 Å². The van der Waals surface area contributed by atoms with Gasteiger partial charge in [-0.3, -0.25) is 9.59 Å². The maximum absolute atomic E-state index is 13.1. The van der Waals surface area contributed by atoms with Gasteiger partial charge in [-0.1, -0.05) is 54.9 Å². The standard InChI is InChI=1S/C24H31ClN2O2/c1-5-19-9-11-20(12-10-19)13-14-23(28)27(18(4)24(29)26-17(2)3)16-21-7-6-8-22(25)15-21/h6-12,15,17-18H,5,13-14,16H2,1-4H3,(H,26,29)/t18-/m1/s1. The summed E-state index contributed by atoms with van der Waals surface area (Å²) in [6.45, 7) is 8.06. The number of benzene rings is 2. The highest BCUT2D eigenvalue weighted by Crippen LogP contribution is 2.17. The van der Waals surface area contributed by atoms with Gasteiger partial charge in [0.25, 0.3) is 0 Å². The Balaban J connectivity index is 2.13. The quantitative estimate of drug-likeness (QED) is 0.642. The number of aryl methyl sites for hydroxylation is 2. The van der Waals surface area contributed by atoms with Crippen molar-refractivity contribution >= 4 is 23.4 Å². The molecule has 4 nitrogen and oxygen atoms in total. The summed E-state index contributed by atoms with van der Waals surface area (Å²) in [5, 5.41) is 3.52. The summed E-state index contributed by atoms with van der Waals surface area (Å²) in [6, 6.07) is 15.2. The topological polar surface area (TPSA) is 49.4 Å². The molecule has 2 amide bonds. The average Bonchev–Trinajstić information content (AvgIpc) is 2.69. The molecule has 0 heterocycles. The summed E-state index contributed by atoms with van der Waals surface area (Å²) in [6.07, 6.45) is 1.99. The van der Waals surface area contributed by atoms with Crippen LogP contribution in [0.25, 0.3) is 0 Å². The van der Waals surface area contributed by atoms with Crippen molar-refractivity contribution in [3.8, 4) is 0 Å². The fourth-order valence-electron chi connectivity index (χ4n) is 3.16. The number of carbonyl (C=O) groups excluding carboxylic acids is 2. The van der Waals surface area contributed by atoms with Crippen molar-refractivity contribution in [3.05, 3.63) is 70.2 Å². The van der Waals surface area contributed by atoms with Crippen molar-refractivity contribution in [2.75, 3.05) is 0 Å². The number of amides is 2. The molecular formula is C24H31ClN2O2. The molecule has 1 atom stereocenters. The van der Waals surface area contributed by atoms with Gasteiger partial charge in [-0.25, -0.2) is 0 Å². The third-order valence-corrected chi connectivity index (χ3v) is 5.13. The third-order valence-electron chi connectivity index (χ3n) is 4.90. The smallest absolute Gasteiger partial charge is 0.242 e. The van der Waals surface area contributed by atoms with Gasteiger partial charge in [0.05, 0.1) is 0 Å². The molecule has 0 unspecified atom stereocenters. The van der Waals surface area contributed by atoms with Crippen LogP contribution < -0.4 is 5.32 Å². The SMILES string of the molecule is CCc1ccc(CCC(=O)N(Cc2cccc(Cl)c2)[C@H](C)C(=O)NC(C)C)cc1. The van der Waals surface area contributed by atoms with E-state index in [4.69, 9.17) is 11.6 Å². The van der Waals surface area contributed by atoms with Crippen LogP contribution in [0.3, 0.4) is 0 Å². The molecule has 0 bridgehead atoms. The number of nitrogens with one attached hydrogen (secondary N) is 1. The average molecular weight is 415 g/mol. The van der Waals surface area contributed by atoms with E-state index in [0.717, 1.165) is 17.5 Å². The molecule has 2 aromatic carbocycles. The maximum atomic E-state index is 13.1. The Hall–Kier alpha value is -2.33. The predicted molar refractivity (Wildman–Crippen MR) is 119 cm³/mol. The van der Waals surface area contributed by atoms with Gasteiger partial charge in [0.15, 0.2) is 0 Å². The molecule has 0 fully saturated rings. The summed E-state index contributed by atoms with van der Waals surface area (Å²) < 4.78 is 0. The van der Waals surface area contributed by atoms with E-state index in [1.54, 1.807) is 17.9 Å². The van der Waals surface area contributed by atoms with Gasteiger partial charge in [0.1, 0.15) is 6.04 Å². The minimum atomic E-state index is -0.564. The molecule has 0 aliphatic rings. The van der Waals surface area contributed by atoms with Crippen LogP contribution in [0.5, 0.6) is 0 Å². The molecule has 2 rings (SSSR count). The van der Waals surface area contributed by atoms with Crippen LogP contribution in [0.15, 0.2) is 48.5 Å². The van der Waals surface area contributed by atoms with Crippen molar-refractivity contribution in [1.29, 1.82) is 0 Å². The molecule has 0 saturated carbocycles. The number of hydrogen-bond acceptors (Lipinski definition) is 2. The van der Waals surface area contributed by atoms with Crippen molar-refractivity contribution < 1.29 is 9.59 Å². The second-order valence-electron chi connectivity index (χ2n) is 7.66. The molecular weight excluding hydrogens is 384 g/mol. The molecule has 1 N–H and O–H groups in total. The molecule has 29 heavy (non-hydrogen) atoms. The minimum absolute atomic E-state index is 0.0187. The van der Waals surface area contributed by atoms with Gasteiger partial charge in [0, 0.05) is 24.0 Å². The zero-order chi connectivity index (χ0) is 21.4. The number of rotatable bonds is 9. The first-order valence-corrected chi connectivity index (χ1v) is 10.6. The van der Waals surface area contributed by atoms with Crippen LogP contribution in [0, 0.1) is 0 Å². The summed E-state index contributed by atoms with van der Waals surface area (Å²) in [5.74, 6) is -0.196. The van der Waals surface area contributed by atoms with E-state index in [1.807, 2.05) is 32.0 Å². The maximum Gasteiger partial charge on any atom is 0.242 e. The summed E-state index contributed by atoms with van der Waals surface area (Å²) >= 11 is 6.10. The van der Waals surface area contributed by atoms with Crippen LogP contribution in [-0.2, 0) is 29.0 Å². The number of nitrogens with zero attached hydrogens (tertiary/aromatic N) is 1. The Kier molecular flexibility index (Phi) is 8.71. The lowest BCUT2D eigenvalue weighted by molar-refractivity contribution is -0.140. The second kappa shape index (κ2) is 11.0. The third kappa shape index (κ3) is 7.21. The lowest BCUT2D eigenvalue weighted by atomic mass is 10.0. The normalized spacial score (nSPS) is 11.9. The number of carbonyl (C=O) groups is 2. The zero-order valence-corrected chi connectivity index (χ0v) is 18.5. The highest BCUT2D eigenvalue weighted by atomic mass is 35.5. The summed E-state index contributed by atoms with van der Waals surface area (Å²) in [5.41, 5.74) is 3.31. The molecule has 0 aliphatic carbocycles. The monoisotopic (exact) mass is 414 g/mol. The Bertz CT molecular complexity index is 818. The first-order chi connectivity index (χ1) is 13.8. The van der Waals surface area contributed by atoms with Gasteiger partial charge >= 0.3 is 0 Å². The van der Waals surface area contributed by atoms with E-state index in [2.05, 4.69) is 36.5 Å². The fraction of sp³-hybridized carbons (Fsp3) is 0.417. The lowest BCUT2D eigenvalue weighted by Crippen LogP contribution is -2.49. The first-order valence-electron chi connectivity index (χ1n) is 10.2. The van der Waals surface area contributed by atoms with Crippen LogP contribution in [-0.4, -0.2) is 28.8 Å². The molecule has 0 aliphatic heterocycles. The van der Waals surface area contributed by atoms with Gasteiger partial charge in [-0.15, -0.1) is 0 Å². The van der Waals surface area contributed by atoms with Crippen molar-refractivity contribution in [2.45, 2.75) is 65.6 Å². The van der Waals surface area contributed by atoms with Crippen molar-refractivity contribution in [3.63, 3.8) is 0 Å². The van der Waals surface area contributed by atoms with E-state index < -0.39 is 6.04 Å². The molecule has 0 spiro atoms. The van der Waals surface area contributed by atoms with Gasteiger partial charge in [-0.2, -0.15) is 0 Å². The number of halogens is 1. The van der Waals surface area contributed by atoms with E-state index in [-0.39, 0.29) is 17.9 Å². The minimum Gasteiger partial charge on any atom is -0.352 e. The molecule has 0 saturated heterocycles. The first kappa shape index (κ1) is 23.0. The Morgan fingerprint density at radius 1 is 1.00 bits per heavy atom. The van der Waals surface area contributed by atoms with Gasteiger partial charge in [0.2, 0.25) is 11.8 Å². The molecule has 0 radical (unpaired) electrons. The van der Waals surface area contributed by atoms with Crippen LogP contribution in [0.2, 0.25) is 5.02 Å². The molecule has 5 heteroatoms. The highest BCUT2D eigenvalue weighted by molar-refractivity contribution is 6.30. The van der Waals surface area contributed by atoms with E-state index >= 15 is 0 Å². The van der Waals surface area contributed by atoms with Crippen molar-refractivity contribution in [1.82, 2.24) is 10.2 Å². The van der Waals surface area contributed by atoms with E-state index in [9.17, 15) is 9.59 Å². The second-order valence-corrected chi connectivity index (χ2v) is 8.10. The Labute approximate surface area is 179 Å². The van der Waals surface area contributed by atoms with Gasteiger partial charge < -0.3 is 10.2 Å². The lowest BCUT2D eigenvalue weighted by Gasteiger charge is -2.29. The van der Waals surface area contributed by atoms with E-state index in [1.165, 1.54) is 5.56 Å². The van der Waals surface area contributed by atoms with Crippen molar-refractivity contribution in [2.24, 2.45) is 0 Å².